The predicted molar refractivity (Wildman–Crippen MR) is 295 cm³/mol. The van der Waals surface area contributed by atoms with E-state index in [0.717, 1.165) is 22.7 Å². The number of aromatic nitrogens is 4. The summed E-state index contributed by atoms with van der Waals surface area (Å²) in [5.41, 5.74) is 18.8. The zero-order valence-corrected chi connectivity index (χ0v) is 38.0. The second kappa shape index (κ2) is 15.1. The van der Waals surface area contributed by atoms with Crippen LogP contribution < -0.4 is 0 Å². The number of nitrogens with zero attached hydrogens (tertiary/aromatic N) is 4. The molecular weight excluding hydrogens is 849 g/mol. The summed E-state index contributed by atoms with van der Waals surface area (Å²) >= 11 is 0. The van der Waals surface area contributed by atoms with Gasteiger partial charge in [0.25, 0.3) is 0 Å². The number of benzene rings is 11. The van der Waals surface area contributed by atoms with Crippen molar-refractivity contribution in [1.29, 1.82) is 0 Å². The normalized spacial score (nSPS) is 12.0. The lowest BCUT2D eigenvalue weighted by Crippen LogP contribution is -1.97. The van der Waals surface area contributed by atoms with Crippen molar-refractivity contribution >= 4 is 87.2 Å². The molecule has 0 fully saturated rings. The van der Waals surface area contributed by atoms with E-state index >= 15 is 0 Å². The quantitative estimate of drug-likeness (QED) is 0.158. The van der Waals surface area contributed by atoms with E-state index in [9.17, 15) is 0 Å². The fourth-order valence-electron chi connectivity index (χ4n) is 11.6. The van der Waals surface area contributed by atoms with Crippen LogP contribution in [-0.2, 0) is 0 Å². The molecule has 15 aromatic rings. The molecule has 0 N–H and O–H groups in total. The van der Waals surface area contributed by atoms with Crippen molar-refractivity contribution in [3.8, 4) is 45.0 Å². The smallest absolute Gasteiger partial charge is 0.0561 e. The first-order valence-corrected chi connectivity index (χ1v) is 24.1. The standard InChI is InChI=1S/C66H42N4/c1-4-16-47(17-5-1)67-60-26-14-11-23-52(60)57-38-43(30-36-62(57)67)45-28-33-54-55-34-29-46(44-31-37-63-58(39-44)53-24-12-15-27-61(53)68(63)48-18-6-2-7-19-48)41-65(55)70(64(54)40-45)50-32-35-56-51-22-10-13-25-59(51)69(66(56)42-50)49-20-8-3-9-21-49/h1-42H. The van der Waals surface area contributed by atoms with Crippen LogP contribution in [0, 0.1) is 0 Å². The van der Waals surface area contributed by atoms with E-state index in [2.05, 4.69) is 273 Å². The summed E-state index contributed by atoms with van der Waals surface area (Å²) in [6.45, 7) is 0. The third-order valence-corrected chi connectivity index (χ3v) is 14.7. The van der Waals surface area contributed by atoms with Crippen LogP contribution in [0.25, 0.3) is 132 Å². The van der Waals surface area contributed by atoms with Gasteiger partial charge in [0.2, 0.25) is 0 Å². The first-order valence-electron chi connectivity index (χ1n) is 24.1. The van der Waals surface area contributed by atoms with Crippen LogP contribution in [-0.4, -0.2) is 18.3 Å². The van der Waals surface area contributed by atoms with Gasteiger partial charge in [-0.25, -0.2) is 0 Å². The summed E-state index contributed by atoms with van der Waals surface area (Å²) in [6, 6.07) is 93.6. The number of rotatable bonds is 6. The average molecular weight is 891 g/mol. The molecule has 0 aliphatic carbocycles. The van der Waals surface area contributed by atoms with Crippen molar-refractivity contribution in [2.24, 2.45) is 0 Å². The SMILES string of the molecule is c1ccc(-n2c3ccccc3c3cc(-c4ccc5c6ccc(-c7ccc8c(c7)c7ccccc7n8-c7ccccc7)cc6n(-c6ccc7c8ccccc8n(-c8ccccc8)c7c6)c5c4)ccc32)cc1. The molecule has 11 aromatic carbocycles. The molecule has 0 atom stereocenters. The largest absolute Gasteiger partial charge is 0.309 e. The van der Waals surface area contributed by atoms with Gasteiger partial charge in [0.1, 0.15) is 0 Å². The number of hydrogen-bond acceptors (Lipinski definition) is 0. The third kappa shape index (κ3) is 5.71. The summed E-state index contributed by atoms with van der Waals surface area (Å²) in [4.78, 5) is 0. The Labute approximate surface area is 403 Å². The zero-order valence-electron chi connectivity index (χ0n) is 38.0. The van der Waals surface area contributed by atoms with Crippen LogP contribution in [0.2, 0.25) is 0 Å². The van der Waals surface area contributed by atoms with Crippen molar-refractivity contribution in [1.82, 2.24) is 18.3 Å². The molecule has 0 amide bonds. The Morgan fingerprint density at radius 1 is 0.157 bits per heavy atom. The van der Waals surface area contributed by atoms with Crippen molar-refractivity contribution in [3.05, 3.63) is 255 Å². The second-order valence-electron chi connectivity index (χ2n) is 18.5. The monoisotopic (exact) mass is 890 g/mol. The van der Waals surface area contributed by atoms with Crippen molar-refractivity contribution in [2.45, 2.75) is 0 Å². The van der Waals surface area contributed by atoms with Gasteiger partial charge in [-0.05, 0) is 125 Å². The fourth-order valence-corrected chi connectivity index (χ4v) is 11.6. The predicted octanol–water partition coefficient (Wildman–Crippen LogP) is 17.4. The number of hydrogen-bond donors (Lipinski definition) is 0. The number of para-hydroxylation sites is 6. The molecule has 0 aliphatic heterocycles. The van der Waals surface area contributed by atoms with Crippen molar-refractivity contribution in [3.63, 3.8) is 0 Å². The fraction of sp³-hybridized carbons (Fsp3) is 0. The molecule has 326 valence electrons. The Morgan fingerprint density at radius 2 is 0.443 bits per heavy atom. The highest BCUT2D eigenvalue weighted by molar-refractivity contribution is 6.15. The molecule has 4 heteroatoms. The molecule has 70 heavy (non-hydrogen) atoms. The maximum atomic E-state index is 2.50. The van der Waals surface area contributed by atoms with E-state index in [-0.39, 0.29) is 0 Å². The van der Waals surface area contributed by atoms with Crippen LogP contribution in [0.1, 0.15) is 0 Å². The summed E-state index contributed by atoms with van der Waals surface area (Å²) in [5, 5.41) is 9.89. The summed E-state index contributed by atoms with van der Waals surface area (Å²) in [6.07, 6.45) is 0. The van der Waals surface area contributed by atoms with Gasteiger partial charge in [-0.3, -0.25) is 0 Å². The van der Waals surface area contributed by atoms with Crippen LogP contribution in [0.4, 0.5) is 0 Å². The van der Waals surface area contributed by atoms with Crippen LogP contribution in [0.15, 0.2) is 255 Å². The minimum atomic E-state index is 1.12. The molecule has 4 heterocycles. The molecule has 0 spiro atoms. The molecule has 0 aliphatic rings. The summed E-state index contributed by atoms with van der Waals surface area (Å²) in [7, 11) is 0. The topological polar surface area (TPSA) is 19.7 Å². The van der Waals surface area contributed by atoms with Crippen LogP contribution in [0.5, 0.6) is 0 Å². The minimum absolute atomic E-state index is 1.12. The Bertz CT molecular complexity index is 4350. The van der Waals surface area contributed by atoms with Gasteiger partial charge in [0.15, 0.2) is 0 Å². The maximum absolute atomic E-state index is 2.50. The van der Waals surface area contributed by atoms with Gasteiger partial charge in [-0.1, -0.05) is 152 Å². The highest BCUT2D eigenvalue weighted by Crippen LogP contribution is 2.42. The molecule has 0 saturated heterocycles. The van der Waals surface area contributed by atoms with Gasteiger partial charge in [-0.15, -0.1) is 0 Å². The highest BCUT2D eigenvalue weighted by Gasteiger charge is 2.20. The lowest BCUT2D eigenvalue weighted by Gasteiger charge is -2.13. The van der Waals surface area contributed by atoms with E-state index in [1.807, 2.05) is 0 Å². The Balaban J connectivity index is 0.967. The lowest BCUT2D eigenvalue weighted by molar-refractivity contribution is 1.15. The van der Waals surface area contributed by atoms with Gasteiger partial charge in [0.05, 0.1) is 44.1 Å². The maximum Gasteiger partial charge on any atom is 0.0561 e. The van der Waals surface area contributed by atoms with Gasteiger partial charge >= 0.3 is 0 Å². The van der Waals surface area contributed by atoms with Gasteiger partial charge in [-0.2, -0.15) is 0 Å². The van der Waals surface area contributed by atoms with E-state index in [1.165, 1.54) is 109 Å². The molecule has 4 nitrogen and oxygen atoms in total. The van der Waals surface area contributed by atoms with Crippen molar-refractivity contribution in [2.75, 3.05) is 0 Å². The molecule has 4 aromatic heterocycles. The summed E-state index contributed by atoms with van der Waals surface area (Å²) in [5.74, 6) is 0. The van der Waals surface area contributed by atoms with E-state index in [4.69, 9.17) is 0 Å². The zero-order chi connectivity index (χ0) is 45.9. The first-order chi connectivity index (χ1) is 34.7. The number of fused-ring (bicyclic) bond motifs is 12. The molecular formula is C66H42N4. The Morgan fingerprint density at radius 3 is 0.886 bits per heavy atom. The molecule has 0 saturated carbocycles. The van der Waals surface area contributed by atoms with Crippen LogP contribution in [0.3, 0.4) is 0 Å². The van der Waals surface area contributed by atoms with E-state index in [1.54, 1.807) is 0 Å². The Hall–Kier alpha value is -9.38. The minimum Gasteiger partial charge on any atom is -0.309 e. The average Bonchev–Trinajstić information content (AvgIpc) is 4.15. The van der Waals surface area contributed by atoms with Gasteiger partial charge < -0.3 is 18.3 Å². The third-order valence-electron chi connectivity index (χ3n) is 14.7. The molecule has 0 radical (unpaired) electrons. The Kier molecular flexibility index (Phi) is 8.33. The highest BCUT2D eigenvalue weighted by atomic mass is 15.0. The van der Waals surface area contributed by atoms with E-state index in [0.29, 0.717) is 0 Å². The summed E-state index contributed by atoms with van der Waals surface area (Å²) < 4.78 is 9.69. The van der Waals surface area contributed by atoms with Crippen molar-refractivity contribution < 1.29 is 0 Å². The first kappa shape index (κ1) is 38.7. The second-order valence-corrected chi connectivity index (χ2v) is 18.5. The van der Waals surface area contributed by atoms with Crippen LogP contribution >= 0.6 is 0 Å². The van der Waals surface area contributed by atoms with E-state index < -0.39 is 0 Å². The molecule has 0 unspecified atom stereocenters. The van der Waals surface area contributed by atoms with Gasteiger partial charge in [0, 0.05) is 65.8 Å². The molecule has 0 bridgehead atoms. The lowest BCUT2D eigenvalue weighted by atomic mass is 10.00. The molecule has 15 rings (SSSR count).